The number of ether oxygens (including phenoxy) is 2. The standard InChI is InChI=1S/C24H30N2O4/c1-29-21-8-3-18(4-9-21)13-15-25-24(28)20-7-12-23(27)26(17-20)16-14-19-5-10-22(30-2)11-6-19/h3-6,8-11,20H,7,12-17H2,1-2H3,(H,25,28)/t20-/m1/s1. The summed E-state index contributed by atoms with van der Waals surface area (Å²) in [5.41, 5.74) is 2.30. The van der Waals surface area contributed by atoms with Crippen molar-refractivity contribution in [1.82, 2.24) is 10.2 Å². The van der Waals surface area contributed by atoms with Gasteiger partial charge < -0.3 is 19.7 Å². The van der Waals surface area contributed by atoms with E-state index in [9.17, 15) is 9.59 Å². The largest absolute Gasteiger partial charge is 0.497 e. The molecule has 2 aromatic carbocycles. The second kappa shape index (κ2) is 10.7. The van der Waals surface area contributed by atoms with Gasteiger partial charge in [0.1, 0.15) is 11.5 Å². The summed E-state index contributed by atoms with van der Waals surface area (Å²) in [5, 5.41) is 3.03. The summed E-state index contributed by atoms with van der Waals surface area (Å²) in [6.45, 7) is 1.70. The molecule has 1 N–H and O–H groups in total. The van der Waals surface area contributed by atoms with Crippen molar-refractivity contribution >= 4 is 11.8 Å². The second-order valence-electron chi connectivity index (χ2n) is 7.56. The SMILES string of the molecule is COc1ccc(CCNC(=O)[C@@H]2CCC(=O)N(CCc3ccc(OC)cc3)C2)cc1. The molecule has 1 atom stereocenters. The summed E-state index contributed by atoms with van der Waals surface area (Å²) in [4.78, 5) is 26.7. The first-order valence-corrected chi connectivity index (χ1v) is 10.4. The van der Waals surface area contributed by atoms with E-state index in [1.54, 1.807) is 14.2 Å². The maximum absolute atomic E-state index is 12.6. The smallest absolute Gasteiger partial charge is 0.224 e. The van der Waals surface area contributed by atoms with Crippen molar-refractivity contribution < 1.29 is 19.1 Å². The number of carbonyl (C=O) groups is 2. The topological polar surface area (TPSA) is 67.9 Å². The van der Waals surface area contributed by atoms with E-state index in [2.05, 4.69) is 5.32 Å². The van der Waals surface area contributed by atoms with Gasteiger partial charge in [-0.3, -0.25) is 9.59 Å². The predicted octanol–water partition coefficient (Wildman–Crippen LogP) is 2.84. The van der Waals surface area contributed by atoms with Crippen LogP contribution in [-0.4, -0.2) is 50.6 Å². The molecule has 0 aromatic heterocycles. The molecule has 160 valence electrons. The highest BCUT2D eigenvalue weighted by Crippen LogP contribution is 2.19. The second-order valence-corrected chi connectivity index (χ2v) is 7.56. The van der Waals surface area contributed by atoms with E-state index in [0.29, 0.717) is 32.5 Å². The number of carbonyl (C=O) groups excluding carboxylic acids is 2. The molecule has 1 fully saturated rings. The maximum atomic E-state index is 12.6. The molecular weight excluding hydrogens is 380 g/mol. The van der Waals surface area contributed by atoms with Crippen LogP contribution in [0.5, 0.6) is 11.5 Å². The molecule has 30 heavy (non-hydrogen) atoms. The summed E-state index contributed by atoms with van der Waals surface area (Å²) < 4.78 is 10.3. The van der Waals surface area contributed by atoms with Crippen molar-refractivity contribution in [3.8, 4) is 11.5 Å². The van der Waals surface area contributed by atoms with Gasteiger partial charge in [0.2, 0.25) is 11.8 Å². The van der Waals surface area contributed by atoms with Gasteiger partial charge in [0.25, 0.3) is 0 Å². The lowest BCUT2D eigenvalue weighted by molar-refractivity contribution is -0.138. The number of nitrogens with zero attached hydrogens (tertiary/aromatic N) is 1. The third kappa shape index (κ3) is 5.99. The van der Waals surface area contributed by atoms with Crippen molar-refractivity contribution in [2.75, 3.05) is 33.9 Å². The Hall–Kier alpha value is -3.02. The minimum atomic E-state index is -0.144. The number of piperidine rings is 1. The van der Waals surface area contributed by atoms with Crippen LogP contribution in [0.1, 0.15) is 24.0 Å². The summed E-state index contributed by atoms with van der Waals surface area (Å²) in [6.07, 6.45) is 2.58. The third-order valence-electron chi connectivity index (χ3n) is 5.57. The van der Waals surface area contributed by atoms with Gasteiger partial charge in [-0.25, -0.2) is 0 Å². The lowest BCUT2D eigenvalue weighted by Gasteiger charge is -2.32. The number of hydrogen-bond donors (Lipinski definition) is 1. The number of nitrogens with one attached hydrogen (secondary N) is 1. The van der Waals surface area contributed by atoms with E-state index in [1.807, 2.05) is 53.4 Å². The summed E-state index contributed by atoms with van der Waals surface area (Å²) in [7, 11) is 3.29. The van der Waals surface area contributed by atoms with E-state index < -0.39 is 0 Å². The molecule has 1 heterocycles. The Kier molecular flexibility index (Phi) is 7.71. The van der Waals surface area contributed by atoms with Gasteiger partial charge in [0.15, 0.2) is 0 Å². The normalized spacial score (nSPS) is 16.3. The van der Waals surface area contributed by atoms with E-state index in [1.165, 1.54) is 0 Å². The van der Waals surface area contributed by atoms with Crippen LogP contribution >= 0.6 is 0 Å². The zero-order chi connectivity index (χ0) is 21.3. The number of methoxy groups -OCH3 is 2. The van der Waals surface area contributed by atoms with Crippen molar-refractivity contribution in [2.24, 2.45) is 5.92 Å². The highest BCUT2D eigenvalue weighted by atomic mass is 16.5. The molecule has 2 aromatic rings. The van der Waals surface area contributed by atoms with Crippen LogP contribution in [0.4, 0.5) is 0 Å². The molecule has 0 saturated carbocycles. The van der Waals surface area contributed by atoms with Crippen LogP contribution in [0.2, 0.25) is 0 Å². The molecule has 3 rings (SSSR count). The number of rotatable bonds is 9. The third-order valence-corrected chi connectivity index (χ3v) is 5.57. The van der Waals surface area contributed by atoms with Crippen molar-refractivity contribution in [2.45, 2.75) is 25.7 Å². The average Bonchev–Trinajstić information content (AvgIpc) is 2.79. The molecule has 1 aliphatic heterocycles. The summed E-state index contributed by atoms with van der Waals surface area (Å²) >= 11 is 0. The Morgan fingerprint density at radius 3 is 2.10 bits per heavy atom. The fraction of sp³-hybridized carbons (Fsp3) is 0.417. The van der Waals surface area contributed by atoms with Crippen LogP contribution in [0.25, 0.3) is 0 Å². The first-order chi connectivity index (χ1) is 14.6. The van der Waals surface area contributed by atoms with Gasteiger partial charge in [-0.15, -0.1) is 0 Å². The lowest BCUT2D eigenvalue weighted by atomic mass is 9.96. The zero-order valence-electron chi connectivity index (χ0n) is 17.7. The van der Waals surface area contributed by atoms with Crippen molar-refractivity contribution in [1.29, 1.82) is 0 Å². The Labute approximate surface area is 178 Å². The summed E-state index contributed by atoms with van der Waals surface area (Å²) in [6, 6.07) is 15.7. The summed E-state index contributed by atoms with van der Waals surface area (Å²) in [5.74, 6) is 1.66. The van der Waals surface area contributed by atoms with Crippen LogP contribution < -0.4 is 14.8 Å². The van der Waals surface area contributed by atoms with Crippen LogP contribution in [-0.2, 0) is 22.4 Å². The molecule has 0 unspecified atom stereocenters. The van der Waals surface area contributed by atoms with Gasteiger partial charge in [-0.2, -0.15) is 0 Å². The molecule has 1 saturated heterocycles. The molecular formula is C24H30N2O4. The highest BCUT2D eigenvalue weighted by Gasteiger charge is 2.29. The Morgan fingerprint density at radius 1 is 0.967 bits per heavy atom. The van der Waals surface area contributed by atoms with Gasteiger partial charge in [-0.1, -0.05) is 24.3 Å². The van der Waals surface area contributed by atoms with Crippen LogP contribution in [0.3, 0.4) is 0 Å². The number of benzene rings is 2. The lowest BCUT2D eigenvalue weighted by Crippen LogP contribution is -2.46. The first kappa shape index (κ1) is 21.7. The molecule has 0 bridgehead atoms. The van der Waals surface area contributed by atoms with Gasteiger partial charge in [-0.05, 0) is 54.7 Å². The predicted molar refractivity (Wildman–Crippen MR) is 116 cm³/mol. The quantitative estimate of drug-likeness (QED) is 0.690. The van der Waals surface area contributed by atoms with Gasteiger partial charge in [0, 0.05) is 26.1 Å². The molecule has 0 radical (unpaired) electrons. The molecule has 0 spiro atoms. The van der Waals surface area contributed by atoms with Crippen molar-refractivity contribution in [3.05, 3.63) is 59.7 Å². The Bertz CT molecular complexity index is 833. The molecule has 2 amide bonds. The Morgan fingerprint density at radius 2 is 1.53 bits per heavy atom. The minimum Gasteiger partial charge on any atom is -0.497 e. The fourth-order valence-electron chi connectivity index (χ4n) is 3.67. The fourth-order valence-corrected chi connectivity index (χ4v) is 3.67. The minimum absolute atomic E-state index is 0.0328. The molecule has 6 nitrogen and oxygen atoms in total. The van der Waals surface area contributed by atoms with Gasteiger partial charge in [0.05, 0.1) is 20.1 Å². The molecule has 6 heteroatoms. The Balaban J connectivity index is 1.44. The van der Waals surface area contributed by atoms with E-state index >= 15 is 0 Å². The zero-order valence-corrected chi connectivity index (χ0v) is 17.7. The molecule has 1 aliphatic rings. The first-order valence-electron chi connectivity index (χ1n) is 10.4. The van der Waals surface area contributed by atoms with Gasteiger partial charge >= 0.3 is 0 Å². The number of likely N-dealkylation sites (tertiary alicyclic amines) is 1. The average molecular weight is 411 g/mol. The van der Waals surface area contributed by atoms with Crippen LogP contribution in [0.15, 0.2) is 48.5 Å². The molecule has 0 aliphatic carbocycles. The van der Waals surface area contributed by atoms with E-state index in [-0.39, 0.29) is 17.7 Å². The van der Waals surface area contributed by atoms with Crippen molar-refractivity contribution in [3.63, 3.8) is 0 Å². The van der Waals surface area contributed by atoms with E-state index in [0.717, 1.165) is 35.5 Å². The maximum Gasteiger partial charge on any atom is 0.224 e. The monoisotopic (exact) mass is 410 g/mol. The number of amides is 2. The van der Waals surface area contributed by atoms with Crippen LogP contribution in [0, 0.1) is 5.92 Å². The van der Waals surface area contributed by atoms with E-state index in [4.69, 9.17) is 9.47 Å². The highest BCUT2D eigenvalue weighted by molar-refractivity contribution is 5.83. The number of hydrogen-bond acceptors (Lipinski definition) is 4.